The van der Waals surface area contributed by atoms with Crippen LogP contribution < -0.4 is 10.6 Å². The number of H-pyrrole nitrogens is 1. The van der Waals surface area contributed by atoms with Crippen LogP contribution in [0.15, 0.2) is 65.8 Å². The molecule has 0 aliphatic heterocycles. The number of nitrogens with one attached hydrogen (secondary N) is 3. The van der Waals surface area contributed by atoms with Crippen molar-refractivity contribution in [1.82, 2.24) is 20.2 Å². The Kier molecular flexibility index (Phi) is 7.15. The van der Waals surface area contributed by atoms with E-state index >= 15 is 0 Å². The van der Waals surface area contributed by atoms with Crippen molar-refractivity contribution in [3.63, 3.8) is 0 Å². The number of anilines is 1. The highest BCUT2D eigenvalue weighted by Crippen LogP contribution is 2.16. The predicted molar refractivity (Wildman–Crippen MR) is 116 cm³/mol. The van der Waals surface area contributed by atoms with Crippen molar-refractivity contribution in [2.24, 2.45) is 4.99 Å². The van der Waals surface area contributed by atoms with Gasteiger partial charge in [-0.3, -0.25) is 4.79 Å². The van der Waals surface area contributed by atoms with Crippen LogP contribution in [-0.4, -0.2) is 46.9 Å². The van der Waals surface area contributed by atoms with Gasteiger partial charge in [-0.05, 0) is 30.7 Å². The Balaban J connectivity index is 1.62. The van der Waals surface area contributed by atoms with Gasteiger partial charge in [0.05, 0.1) is 18.4 Å². The van der Waals surface area contributed by atoms with Crippen molar-refractivity contribution in [3.05, 3.63) is 72.4 Å². The maximum Gasteiger partial charge on any atom is 0.246 e. The van der Waals surface area contributed by atoms with Crippen LogP contribution >= 0.6 is 0 Å². The van der Waals surface area contributed by atoms with Crippen molar-refractivity contribution in [2.75, 3.05) is 25.5 Å². The van der Waals surface area contributed by atoms with E-state index in [4.69, 9.17) is 0 Å². The zero-order valence-electron chi connectivity index (χ0n) is 17.0. The average Bonchev–Trinajstić information content (AvgIpc) is 3.20. The van der Waals surface area contributed by atoms with E-state index in [1.165, 1.54) is 12.1 Å². The minimum Gasteiger partial charge on any atom is -0.357 e. The largest absolute Gasteiger partial charge is 0.357 e. The fourth-order valence-corrected chi connectivity index (χ4v) is 2.89. The standard InChI is InChI=1S/C22H25FN6O/c1-3-24-22(26-14-21(30)27-18-11-7-10-17(23)12-18)29(2)15-20-25-13-19(28-20)16-8-5-4-6-9-16/h4-13H,3,14-15H2,1-2H3,(H,24,26)(H,25,28)(H,27,30). The Hall–Kier alpha value is -3.68. The number of aliphatic imine (C=N–C) groups is 1. The van der Waals surface area contributed by atoms with Crippen LogP contribution in [0.1, 0.15) is 12.7 Å². The summed E-state index contributed by atoms with van der Waals surface area (Å²) >= 11 is 0. The molecule has 0 saturated heterocycles. The summed E-state index contributed by atoms with van der Waals surface area (Å²) in [5, 5.41) is 5.80. The van der Waals surface area contributed by atoms with Gasteiger partial charge in [-0.1, -0.05) is 36.4 Å². The van der Waals surface area contributed by atoms with Crippen LogP contribution in [0, 0.1) is 5.82 Å². The molecule has 3 rings (SSSR count). The summed E-state index contributed by atoms with van der Waals surface area (Å²) in [6, 6.07) is 15.7. The van der Waals surface area contributed by atoms with Crippen molar-refractivity contribution >= 4 is 17.6 Å². The van der Waals surface area contributed by atoms with E-state index in [0.717, 1.165) is 17.1 Å². The van der Waals surface area contributed by atoms with E-state index < -0.39 is 5.82 Å². The SMILES string of the molecule is CCNC(=NCC(=O)Nc1cccc(F)c1)N(C)Cc1ncc(-c2ccccc2)[nH]1. The molecule has 1 aromatic heterocycles. The molecule has 0 bridgehead atoms. The van der Waals surface area contributed by atoms with Crippen molar-refractivity contribution in [3.8, 4) is 11.3 Å². The van der Waals surface area contributed by atoms with E-state index in [1.54, 1.807) is 18.3 Å². The van der Waals surface area contributed by atoms with Gasteiger partial charge in [-0.25, -0.2) is 14.4 Å². The fraction of sp³-hybridized carbons (Fsp3) is 0.227. The van der Waals surface area contributed by atoms with Crippen LogP contribution in [0.4, 0.5) is 10.1 Å². The molecule has 7 nitrogen and oxygen atoms in total. The number of carbonyl (C=O) groups excluding carboxylic acids is 1. The number of aromatic nitrogens is 2. The molecular formula is C22H25FN6O. The molecular weight excluding hydrogens is 383 g/mol. The molecule has 0 atom stereocenters. The third-order valence-electron chi connectivity index (χ3n) is 4.28. The summed E-state index contributed by atoms with van der Waals surface area (Å²) in [6.45, 7) is 3.01. The summed E-state index contributed by atoms with van der Waals surface area (Å²) in [4.78, 5) is 26.2. The molecule has 1 heterocycles. The summed E-state index contributed by atoms with van der Waals surface area (Å²) in [7, 11) is 1.87. The van der Waals surface area contributed by atoms with Gasteiger partial charge in [-0.15, -0.1) is 0 Å². The minimum atomic E-state index is -0.405. The Morgan fingerprint density at radius 3 is 2.73 bits per heavy atom. The van der Waals surface area contributed by atoms with Gasteiger partial charge in [0.2, 0.25) is 5.91 Å². The molecule has 0 unspecified atom stereocenters. The predicted octanol–water partition coefficient (Wildman–Crippen LogP) is 3.25. The number of hydrogen-bond donors (Lipinski definition) is 3. The first kappa shape index (κ1) is 21.0. The minimum absolute atomic E-state index is 0.0867. The molecule has 2 aromatic carbocycles. The second-order valence-electron chi connectivity index (χ2n) is 6.69. The number of imidazole rings is 1. The van der Waals surface area contributed by atoms with Crippen molar-refractivity contribution in [2.45, 2.75) is 13.5 Å². The molecule has 0 aliphatic rings. The van der Waals surface area contributed by atoms with Gasteiger partial charge in [-0.2, -0.15) is 0 Å². The lowest BCUT2D eigenvalue weighted by atomic mass is 10.2. The molecule has 1 amide bonds. The fourth-order valence-electron chi connectivity index (χ4n) is 2.89. The normalized spacial score (nSPS) is 11.2. The first-order chi connectivity index (χ1) is 14.5. The maximum atomic E-state index is 13.3. The molecule has 30 heavy (non-hydrogen) atoms. The van der Waals surface area contributed by atoms with Crippen molar-refractivity contribution < 1.29 is 9.18 Å². The number of carbonyl (C=O) groups is 1. The first-order valence-electron chi connectivity index (χ1n) is 9.69. The highest BCUT2D eigenvalue weighted by molar-refractivity contribution is 5.94. The van der Waals surface area contributed by atoms with Gasteiger partial charge in [0.1, 0.15) is 18.2 Å². The average molecular weight is 408 g/mol. The van der Waals surface area contributed by atoms with E-state index in [0.29, 0.717) is 24.7 Å². The Bertz CT molecular complexity index is 1000. The molecule has 0 saturated carbocycles. The highest BCUT2D eigenvalue weighted by Gasteiger charge is 2.11. The van der Waals surface area contributed by atoms with Crippen LogP contribution in [-0.2, 0) is 11.3 Å². The highest BCUT2D eigenvalue weighted by atomic mass is 19.1. The van der Waals surface area contributed by atoms with Crippen LogP contribution in [0.2, 0.25) is 0 Å². The van der Waals surface area contributed by atoms with E-state index in [2.05, 4.69) is 25.6 Å². The zero-order valence-corrected chi connectivity index (χ0v) is 17.0. The number of guanidine groups is 1. The lowest BCUT2D eigenvalue weighted by molar-refractivity contribution is -0.114. The number of halogens is 1. The summed E-state index contributed by atoms with van der Waals surface area (Å²) in [6.07, 6.45) is 1.80. The Labute approximate surface area is 175 Å². The van der Waals surface area contributed by atoms with E-state index in [-0.39, 0.29) is 12.5 Å². The van der Waals surface area contributed by atoms with Gasteiger partial charge < -0.3 is 20.5 Å². The second kappa shape index (κ2) is 10.2. The molecule has 0 spiro atoms. The second-order valence-corrected chi connectivity index (χ2v) is 6.69. The third kappa shape index (κ3) is 5.91. The molecule has 0 radical (unpaired) electrons. The lowest BCUT2D eigenvalue weighted by Gasteiger charge is -2.21. The number of benzene rings is 2. The Morgan fingerprint density at radius 2 is 2.00 bits per heavy atom. The molecule has 0 fully saturated rings. The quantitative estimate of drug-likeness (QED) is 0.414. The molecule has 156 valence electrons. The topological polar surface area (TPSA) is 85.4 Å². The van der Waals surface area contributed by atoms with E-state index in [1.807, 2.05) is 49.2 Å². The summed E-state index contributed by atoms with van der Waals surface area (Å²) in [5.74, 6) is 0.627. The van der Waals surface area contributed by atoms with E-state index in [9.17, 15) is 9.18 Å². The Morgan fingerprint density at radius 1 is 1.20 bits per heavy atom. The summed E-state index contributed by atoms with van der Waals surface area (Å²) in [5.41, 5.74) is 2.40. The van der Waals surface area contributed by atoms with Crippen LogP contribution in [0.3, 0.4) is 0 Å². The molecule has 8 heteroatoms. The number of nitrogens with zero attached hydrogens (tertiary/aromatic N) is 3. The van der Waals surface area contributed by atoms with Gasteiger partial charge >= 0.3 is 0 Å². The number of aromatic amines is 1. The zero-order chi connectivity index (χ0) is 21.3. The monoisotopic (exact) mass is 408 g/mol. The molecule has 3 N–H and O–H groups in total. The van der Waals surface area contributed by atoms with Gasteiger partial charge in [0, 0.05) is 19.3 Å². The molecule has 3 aromatic rings. The van der Waals surface area contributed by atoms with Crippen LogP contribution in [0.25, 0.3) is 11.3 Å². The lowest BCUT2D eigenvalue weighted by Crippen LogP contribution is -2.39. The first-order valence-corrected chi connectivity index (χ1v) is 9.69. The molecule has 0 aliphatic carbocycles. The smallest absolute Gasteiger partial charge is 0.246 e. The maximum absolute atomic E-state index is 13.3. The third-order valence-corrected chi connectivity index (χ3v) is 4.28. The van der Waals surface area contributed by atoms with Gasteiger partial charge in [0.25, 0.3) is 0 Å². The number of amides is 1. The van der Waals surface area contributed by atoms with Crippen LogP contribution in [0.5, 0.6) is 0 Å². The number of hydrogen-bond acceptors (Lipinski definition) is 3. The van der Waals surface area contributed by atoms with Crippen molar-refractivity contribution in [1.29, 1.82) is 0 Å². The van der Waals surface area contributed by atoms with Gasteiger partial charge in [0.15, 0.2) is 5.96 Å². The summed E-state index contributed by atoms with van der Waals surface area (Å²) < 4.78 is 13.3. The number of rotatable bonds is 7.